The molecule has 0 atom stereocenters. The molecule has 1 heterocycles. The van der Waals surface area contributed by atoms with Gasteiger partial charge in [-0.05, 0) is 31.2 Å². The molecule has 0 spiro atoms. The van der Waals surface area contributed by atoms with Crippen LogP contribution in [-0.4, -0.2) is 28.2 Å². The number of ether oxygens (including phenoxy) is 2. The lowest BCUT2D eigenvalue weighted by Gasteiger charge is -2.03. The van der Waals surface area contributed by atoms with Gasteiger partial charge in [-0.25, -0.2) is 0 Å². The van der Waals surface area contributed by atoms with Gasteiger partial charge in [-0.2, -0.15) is 9.36 Å². The number of esters is 1. The number of thioether (sulfide) groups is 1. The zero-order valence-electron chi connectivity index (χ0n) is 10.5. The van der Waals surface area contributed by atoms with Crippen LogP contribution >= 0.6 is 23.3 Å². The van der Waals surface area contributed by atoms with Crippen LogP contribution in [0.15, 0.2) is 29.2 Å². The Bertz CT molecular complexity index is 554. The van der Waals surface area contributed by atoms with Gasteiger partial charge >= 0.3 is 5.97 Å². The molecular weight excluding hydrogens is 284 g/mol. The van der Waals surface area contributed by atoms with E-state index in [1.54, 1.807) is 0 Å². The molecule has 0 aliphatic carbocycles. The molecule has 0 bridgehead atoms. The van der Waals surface area contributed by atoms with E-state index in [-0.39, 0.29) is 5.97 Å². The summed E-state index contributed by atoms with van der Waals surface area (Å²) in [5, 5.41) is 0.521. The van der Waals surface area contributed by atoms with Crippen LogP contribution in [0.5, 0.6) is 10.9 Å². The molecule has 0 aliphatic rings. The fourth-order valence-electron chi connectivity index (χ4n) is 1.23. The molecule has 0 radical (unpaired) electrons. The molecule has 5 nitrogen and oxygen atoms in total. The minimum absolute atomic E-state index is 0.241. The number of nitrogens with zero attached hydrogens (tertiary/aromatic N) is 2. The average molecular weight is 296 g/mol. The zero-order chi connectivity index (χ0) is 13.7. The number of hydrogen-bond donors (Lipinski definition) is 0. The first-order valence-corrected chi connectivity index (χ1v) is 7.21. The van der Waals surface area contributed by atoms with E-state index >= 15 is 0 Å². The Labute approximate surface area is 119 Å². The molecule has 0 saturated carbocycles. The van der Waals surface area contributed by atoms with E-state index < -0.39 is 0 Å². The van der Waals surface area contributed by atoms with Crippen molar-refractivity contribution in [2.75, 3.05) is 12.9 Å². The van der Waals surface area contributed by atoms with Crippen molar-refractivity contribution >= 4 is 29.3 Å². The Balaban J connectivity index is 1.92. The van der Waals surface area contributed by atoms with Crippen molar-refractivity contribution in [3.05, 3.63) is 30.1 Å². The van der Waals surface area contributed by atoms with Crippen LogP contribution in [0.3, 0.4) is 0 Å². The molecular formula is C12H12N2O3S2. The van der Waals surface area contributed by atoms with Crippen LogP contribution in [-0.2, 0) is 9.53 Å². The summed E-state index contributed by atoms with van der Waals surface area (Å²) in [5.41, 5.74) is 0. The number of aromatic nitrogens is 2. The van der Waals surface area contributed by atoms with E-state index in [9.17, 15) is 4.79 Å². The van der Waals surface area contributed by atoms with Crippen molar-refractivity contribution in [2.24, 2.45) is 0 Å². The van der Waals surface area contributed by atoms with E-state index in [1.165, 1.54) is 30.4 Å². The molecule has 1 aromatic heterocycles. The zero-order valence-corrected chi connectivity index (χ0v) is 12.1. The Kier molecular flexibility index (Phi) is 4.75. The van der Waals surface area contributed by atoms with Crippen molar-refractivity contribution in [2.45, 2.75) is 11.8 Å². The third-order valence-corrected chi connectivity index (χ3v) is 3.79. The highest BCUT2D eigenvalue weighted by molar-refractivity contribution is 8.00. The fourth-order valence-corrected chi connectivity index (χ4v) is 2.51. The van der Waals surface area contributed by atoms with E-state index in [1.807, 2.05) is 31.2 Å². The maximum atomic E-state index is 11.0. The van der Waals surface area contributed by atoms with E-state index in [0.717, 1.165) is 4.90 Å². The summed E-state index contributed by atoms with van der Waals surface area (Å²) in [6.45, 7) is 1.82. The highest BCUT2D eigenvalue weighted by Gasteiger charge is 2.05. The third-order valence-electron chi connectivity index (χ3n) is 2.12. The predicted molar refractivity (Wildman–Crippen MR) is 73.9 cm³/mol. The molecule has 100 valence electrons. The lowest BCUT2D eigenvalue weighted by molar-refractivity contribution is -0.137. The summed E-state index contributed by atoms with van der Waals surface area (Å²) in [7, 11) is 1.38. The fraction of sp³-hybridized carbons (Fsp3) is 0.250. The molecule has 19 heavy (non-hydrogen) atoms. The second-order valence-corrected chi connectivity index (χ2v) is 5.31. The molecule has 0 fully saturated rings. The van der Waals surface area contributed by atoms with Gasteiger partial charge in [0.2, 0.25) is 0 Å². The van der Waals surface area contributed by atoms with Crippen molar-refractivity contribution in [3.8, 4) is 10.9 Å². The molecule has 0 amide bonds. The Hall–Kier alpha value is -1.60. The number of carbonyl (C=O) groups is 1. The van der Waals surface area contributed by atoms with Gasteiger partial charge in [0.1, 0.15) is 11.6 Å². The number of aryl methyl sites for hydroxylation is 1. The summed E-state index contributed by atoms with van der Waals surface area (Å²) < 4.78 is 14.2. The standard InChI is InChI=1S/C12H12N2O3S2/c1-8-13-12(19-14-8)17-9-3-5-10(6-4-9)18-7-11(15)16-2/h3-6H,7H2,1-2H3. The summed E-state index contributed by atoms with van der Waals surface area (Å²) in [6, 6.07) is 7.43. The smallest absolute Gasteiger partial charge is 0.315 e. The number of rotatable bonds is 5. The SMILES string of the molecule is COC(=O)CSc1ccc(Oc2nc(C)ns2)cc1. The monoisotopic (exact) mass is 296 g/mol. The van der Waals surface area contributed by atoms with Gasteiger partial charge in [-0.15, -0.1) is 11.8 Å². The molecule has 0 saturated heterocycles. The van der Waals surface area contributed by atoms with Crippen molar-refractivity contribution < 1.29 is 14.3 Å². The Morgan fingerprint density at radius 2 is 2.11 bits per heavy atom. The van der Waals surface area contributed by atoms with Gasteiger partial charge in [-0.1, -0.05) is 0 Å². The van der Waals surface area contributed by atoms with E-state index in [0.29, 0.717) is 22.5 Å². The first kappa shape index (κ1) is 13.8. The largest absolute Gasteiger partial charge is 0.468 e. The minimum atomic E-state index is -0.241. The van der Waals surface area contributed by atoms with Gasteiger partial charge in [0.05, 0.1) is 12.9 Å². The van der Waals surface area contributed by atoms with Gasteiger partial charge in [0.15, 0.2) is 0 Å². The minimum Gasteiger partial charge on any atom is -0.468 e. The van der Waals surface area contributed by atoms with E-state index in [4.69, 9.17) is 4.74 Å². The summed E-state index contributed by atoms with van der Waals surface area (Å²) >= 11 is 2.63. The maximum Gasteiger partial charge on any atom is 0.315 e. The van der Waals surface area contributed by atoms with Crippen LogP contribution < -0.4 is 4.74 Å². The molecule has 0 N–H and O–H groups in total. The predicted octanol–water partition coefficient (Wildman–Crippen LogP) is 2.90. The van der Waals surface area contributed by atoms with Gasteiger partial charge in [-0.3, -0.25) is 4.79 Å². The topological polar surface area (TPSA) is 61.3 Å². The average Bonchev–Trinajstić information content (AvgIpc) is 2.83. The summed E-state index contributed by atoms with van der Waals surface area (Å²) in [4.78, 5) is 16.1. The van der Waals surface area contributed by atoms with Crippen molar-refractivity contribution in [3.63, 3.8) is 0 Å². The van der Waals surface area contributed by atoms with Crippen LogP contribution in [0, 0.1) is 6.92 Å². The third kappa shape index (κ3) is 4.22. The second-order valence-electron chi connectivity index (χ2n) is 3.55. The Morgan fingerprint density at radius 3 is 2.68 bits per heavy atom. The van der Waals surface area contributed by atoms with Crippen LogP contribution in [0.1, 0.15) is 5.82 Å². The summed E-state index contributed by atoms with van der Waals surface area (Å²) in [5.74, 6) is 1.45. The van der Waals surface area contributed by atoms with Crippen molar-refractivity contribution in [1.29, 1.82) is 0 Å². The molecule has 1 aromatic carbocycles. The van der Waals surface area contributed by atoms with E-state index in [2.05, 4.69) is 14.1 Å². The number of benzene rings is 1. The van der Waals surface area contributed by atoms with Crippen LogP contribution in [0.25, 0.3) is 0 Å². The Morgan fingerprint density at radius 1 is 1.37 bits per heavy atom. The normalized spacial score (nSPS) is 10.2. The number of carbonyl (C=O) groups excluding carboxylic acids is 1. The molecule has 2 rings (SSSR count). The highest BCUT2D eigenvalue weighted by Crippen LogP contribution is 2.26. The summed E-state index contributed by atoms with van der Waals surface area (Å²) in [6.07, 6.45) is 0. The number of methoxy groups -OCH3 is 1. The van der Waals surface area contributed by atoms with Crippen LogP contribution in [0.4, 0.5) is 0 Å². The van der Waals surface area contributed by atoms with Gasteiger partial charge < -0.3 is 9.47 Å². The second kappa shape index (κ2) is 6.53. The quantitative estimate of drug-likeness (QED) is 0.624. The van der Waals surface area contributed by atoms with Gasteiger partial charge in [0, 0.05) is 16.4 Å². The number of hydrogen-bond acceptors (Lipinski definition) is 7. The first-order chi connectivity index (χ1) is 9.17. The molecule has 0 aliphatic heterocycles. The lowest BCUT2D eigenvalue weighted by atomic mass is 10.3. The maximum absolute atomic E-state index is 11.0. The lowest BCUT2D eigenvalue weighted by Crippen LogP contribution is -2.02. The van der Waals surface area contributed by atoms with Crippen molar-refractivity contribution in [1.82, 2.24) is 9.36 Å². The molecule has 0 unspecified atom stereocenters. The van der Waals surface area contributed by atoms with Gasteiger partial charge in [0.25, 0.3) is 5.19 Å². The highest BCUT2D eigenvalue weighted by atomic mass is 32.2. The first-order valence-electron chi connectivity index (χ1n) is 5.45. The van der Waals surface area contributed by atoms with Crippen LogP contribution in [0.2, 0.25) is 0 Å². The molecule has 2 aromatic rings. The molecule has 7 heteroatoms.